The molecule has 0 bridgehead atoms. The molecule has 0 fully saturated rings. The van der Waals surface area contributed by atoms with Gasteiger partial charge >= 0.3 is 0 Å². The van der Waals surface area contributed by atoms with E-state index in [0.717, 1.165) is 58.6 Å². The Morgan fingerprint density at radius 1 is 1.17 bits per heavy atom. The lowest BCUT2D eigenvalue weighted by Gasteiger charge is -2.10. The van der Waals surface area contributed by atoms with Crippen LogP contribution in [0.4, 0.5) is 0 Å². The highest BCUT2D eigenvalue weighted by Crippen LogP contribution is 2.27. The largest absolute Gasteiger partial charge is 0.497 e. The fourth-order valence-corrected chi connectivity index (χ4v) is 4.06. The Labute approximate surface area is 176 Å². The number of rotatable bonds is 9. The zero-order valence-electron chi connectivity index (χ0n) is 17.7. The van der Waals surface area contributed by atoms with Gasteiger partial charge in [0.25, 0.3) is 0 Å². The monoisotopic (exact) mass is 412 g/mol. The van der Waals surface area contributed by atoms with Crippen molar-refractivity contribution in [2.45, 2.75) is 45.3 Å². The minimum absolute atomic E-state index is 0.118. The zero-order chi connectivity index (χ0) is 21.0. The number of unbranched alkanes of at least 4 members (excludes halogenated alkanes) is 1. The van der Waals surface area contributed by atoms with Crippen LogP contribution in [0.5, 0.6) is 5.75 Å². The molecule has 0 aliphatic rings. The standard InChI is InChI=1S/C22H28N4O2S/c1-6-7-12-26-21(17-8-10-18(28-5)11-9-17)23-24-22(26)29-14-20(27)19-13-15(2)25(4)16(19)3/h8-11,13H,6-7,12,14H2,1-5H3. The summed E-state index contributed by atoms with van der Waals surface area (Å²) in [5.74, 6) is 2.09. The first-order chi connectivity index (χ1) is 14.0. The Morgan fingerprint density at radius 3 is 2.48 bits per heavy atom. The van der Waals surface area contributed by atoms with Crippen molar-refractivity contribution in [2.75, 3.05) is 12.9 Å². The van der Waals surface area contributed by atoms with E-state index in [2.05, 4.69) is 21.7 Å². The van der Waals surface area contributed by atoms with Crippen LogP contribution in [0.3, 0.4) is 0 Å². The average Bonchev–Trinajstić information content (AvgIpc) is 3.26. The highest BCUT2D eigenvalue weighted by molar-refractivity contribution is 7.99. The van der Waals surface area contributed by atoms with Gasteiger partial charge in [-0.15, -0.1) is 10.2 Å². The predicted octanol–water partition coefficient (Wildman–Crippen LogP) is 4.68. The maximum absolute atomic E-state index is 12.8. The van der Waals surface area contributed by atoms with E-state index in [1.807, 2.05) is 55.8 Å². The van der Waals surface area contributed by atoms with Crippen molar-refractivity contribution in [3.05, 3.63) is 47.3 Å². The van der Waals surface area contributed by atoms with Crippen LogP contribution in [0.25, 0.3) is 11.4 Å². The van der Waals surface area contributed by atoms with Gasteiger partial charge in [-0.1, -0.05) is 25.1 Å². The Balaban J connectivity index is 1.81. The molecule has 1 aromatic carbocycles. The summed E-state index contributed by atoms with van der Waals surface area (Å²) in [5, 5.41) is 9.58. The number of methoxy groups -OCH3 is 1. The Hall–Kier alpha value is -2.54. The molecule has 0 aliphatic carbocycles. The summed E-state index contributed by atoms with van der Waals surface area (Å²) in [4.78, 5) is 12.8. The molecule has 29 heavy (non-hydrogen) atoms. The molecule has 0 saturated heterocycles. The second-order valence-corrected chi connectivity index (χ2v) is 8.04. The molecule has 3 rings (SSSR count). The number of carbonyl (C=O) groups excluding carboxylic acids is 1. The van der Waals surface area contributed by atoms with Gasteiger partial charge in [0.05, 0.1) is 12.9 Å². The third-order valence-electron chi connectivity index (χ3n) is 5.21. The van der Waals surface area contributed by atoms with Crippen LogP contribution in [-0.4, -0.2) is 38.0 Å². The molecule has 2 aromatic heterocycles. The topological polar surface area (TPSA) is 61.9 Å². The van der Waals surface area contributed by atoms with Crippen LogP contribution in [-0.2, 0) is 13.6 Å². The van der Waals surface area contributed by atoms with E-state index in [9.17, 15) is 4.79 Å². The van der Waals surface area contributed by atoms with Crippen molar-refractivity contribution in [2.24, 2.45) is 7.05 Å². The number of thioether (sulfide) groups is 1. The quantitative estimate of drug-likeness (QED) is 0.377. The summed E-state index contributed by atoms with van der Waals surface area (Å²) in [7, 11) is 3.64. The number of nitrogens with zero attached hydrogens (tertiary/aromatic N) is 4. The first-order valence-electron chi connectivity index (χ1n) is 9.82. The summed E-state index contributed by atoms with van der Waals surface area (Å²) in [6.45, 7) is 6.98. The number of aromatic nitrogens is 4. The van der Waals surface area contributed by atoms with E-state index in [-0.39, 0.29) is 5.78 Å². The van der Waals surface area contributed by atoms with E-state index < -0.39 is 0 Å². The first-order valence-corrected chi connectivity index (χ1v) is 10.8. The Morgan fingerprint density at radius 2 is 1.90 bits per heavy atom. The fourth-order valence-electron chi connectivity index (χ4n) is 3.21. The normalized spacial score (nSPS) is 11.1. The van der Waals surface area contributed by atoms with Crippen LogP contribution >= 0.6 is 11.8 Å². The molecule has 0 unspecified atom stereocenters. The lowest BCUT2D eigenvalue weighted by Crippen LogP contribution is -2.07. The van der Waals surface area contributed by atoms with Crippen molar-refractivity contribution in [3.63, 3.8) is 0 Å². The number of Topliss-reactive ketones (excluding diaryl/α,β-unsaturated/α-hetero) is 1. The van der Waals surface area contributed by atoms with Crippen molar-refractivity contribution in [1.82, 2.24) is 19.3 Å². The minimum Gasteiger partial charge on any atom is -0.497 e. The second kappa shape index (κ2) is 9.31. The van der Waals surface area contributed by atoms with Gasteiger partial charge in [-0.3, -0.25) is 4.79 Å². The van der Waals surface area contributed by atoms with Crippen molar-refractivity contribution >= 4 is 17.5 Å². The number of ketones is 1. The second-order valence-electron chi connectivity index (χ2n) is 7.10. The number of ether oxygens (including phenoxy) is 1. The lowest BCUT2D eigenvalue weighted by atomic mass is 10.2. The molecule has 3 aromatic rings. The molecular weight excluding hydrogens is 384 g/mol. The van der Waals surface area contributed by atoms with Gasteiger partial charge in [-0.25, -0.2) is 0 Å². The zero-order valence-corrected chi connectivity index (χ0v) is 18.5. The van der Waals surface area contributed by atoms with Crippen LogP contribution in [0, 0.1) is 13.8 Å². The van der Waals surface area contributed by atoms with Gasteiger partial charge in [0.2, 0.25) is 0 Å². The van der Waals surface area contributed by atoms with Crippen molar-refractivity contribution in [1.29, 1.82) is 0 Å². The molecule has 0 aliphatic heterocycles. The molecule has 0 amide bonds. The molecule has 0 spiro atoms. The average molecular weight is 413 g/mol. The van der Waals surface area contributed by atoms with Crippen LogP contribution in [0.1, 0.15) is 41.5 Å². The van der Waals surface area contributed by atoms with Crippen molar-refractivity contribution < 1.29 is 9.53 Å². The van der Waals surface area contributed by atoms with Gasteiger partial charge in [0.15, 0.2) is 16.8 Å². The summed E-state index contributed by atoms with van der Waals surface area (Å²) in [6.07, 6.45) is 2.10. The van der Waals surface area contributed by atoms with Crippen molar-refractivity contribution in [3.8, 4) is 17.1 Å². The summed E-state index contributed by atoms with van der Waals surface area (Å²) in [6, 6.07) is 9.78. The third-order valence-corrected chi connectivity index (χ3v) is 6.18. The third kappa shape index (κ3) is 4.56. The fraction of sp³-hybridized carbons (Fsp3) is 0.409. The summed E-state index contributed by atoms with van der Waals surface area (Å²) >= 11 is 1.45. The molecule has 2 heterocycles. The van der Waals surface area contributed by atoms with Gasteiger partial charge in [-0.2, -0.15) is 0 Å². The van der Waals surface area contributed by atoms with E-state index in [1.54, 1.807) is 7.11 Å². The maximum Gasteiger partial charge on any atom is 0.191 e. The number of hydrogen-bond acceptors (Lipinski definition) is 5. The maximum atomic E-state index is 12.8. The molecule has 0 saturated carbocycles. The Kier molecular flexibility index (Phi) is 6.79. The summed E-state index contributed by atoms with van der Waals surface area (Å²) < 4.78 is 9.41. The van der Waals surface area contributed by atoms with E-state index >= 15 is 0 Å². The van der Waals surface area contributed by atoms with Crippen LogP contribution < -0.4 is 4.74 Å². The molecule has 6 nitrogen and oxygen atoms in total. The Bertz CT molecular complexity index is 989. The van der Waals surface area contributed by atoms with Gasteiger partial charge < -0.3 is 13.9 Å². The van der Waals surface area contributed by atoms with Gasteiger partial charge in [-0.05, 0) is 50.6 Å². The van der Waals surface area contributed by atoms with Gasteiger partial charge in [0.1, 0.15) is 5.75 Å². The summed E-state index contributed by atoms with van der Waals surface area (Å²) in [5.41, 5.74) is 3.86. The number of carbonyl (C=O) groups is 1. The van der Waals surface area contributed by atoms with E-state index in [4.69, 9.17) is 4.74 Å². The first kappa shape index (κ1) is 21.2. The number of benzene rings is 1. The van der Waals surface area contributed by atoms with E-state index in [0.29, 0.717) is 5.75 Å². The number of hydrogen-bond donors (Lipinski definition) is 0. The highest BCUT2D eigenvalue weighted by Gasteiger charge is 2.18. The molecule has 0 radical (unpaired) electrons. The SMILES string of the molecule is CCCCn1c(SCC(=O)c2cc(C)n(C)c2C)nnc1-c1ccc(OC)cc1. The minimum atomic E-state index is 0.118. The van der Waals surface area contributed by atoms with Crippen LogP contribution in [0.15, 0.2) is 35.5 Å². The van der Waals surface area contributed by atoms with Gasteiger partial charge in [0, 0.05) is 36.1 Å². The smallest absolute Gasteiger partial charge is 0.191 e. The molecule has 154 valence electrons. The molecular formula is C22H28N4O2S. The molecule has 0 N–H and O–H groups in total. The molecule has 0 atom stereocenters. The number of aryl methyl sites for hydroxylation is 1. The van der Waals surface area contributed by atoms with E-state index in [1.165, 1.54) is 11.8 Å². The predicted molar refractivity (Wildman–Crippen MR) is 117 cm³/mol. The van der Waals surface area contributed by atoms with Crippen LogP contribution in [0.2, 0.25) is 0 Å². The lowest BCUT2D eigenvalue weighted by molar-refractivity contribution is 0.102. The molecule has 7 heteroatoms. The highest BCUT2D eigenvalue weighted by atomic mass is 32.2.